The first-order valence-corrected chi connectivity index (χ1v) is 7.46. The summed E-state index contributed by atoms with van der Waals surface area (Å²) in [6.07, 6.45) is 0. The molecule has 1 heterocycles. The molecule has 21 heavy (non-hydrogen) atoms. The predicted octanol–water partition coefficient (Wildman–Crippen LogP) is 4.54. The molecule has 2 rings (SSSR count). The topological polar surface area (TPSA) is 59.3 Å². The summed E-state index contributed by atoms with van der Waals surface area (Å²) in [4.78, 5) is 12.1. The van der Waals surface area contributed by atoms with Gasteiger partial charge in [-0.25, -0.2) is 4.79 Å². The van der Waals surface area contributed by atoms with Crippen molar-refractivity contribution in [1.82, 2.24) is 0 Å². The van der Waals surface area contributed by atoms with Gasteiger partial charge in [-0.05, 0) is 25.1 Å². The third kappa shape index (κ3) is 3.67. The smallest absolute Gasteiger partial charge is 0.346 e. The average Bonchev–Trinajstić information content (AvgIpc) is 2.80. The van der Waals surface area contributed by atoms with E-state index in [1.807, 2.05) is 6.07 Å². The van der Waals surface area contributed by atoms with E-state index >= 15 is 0 Å². The van der Waals surface area contributed by atoms with Crippen molar-refractivity contribution in [3.8, 4) is 17.6 Å². The van der Waals surface area contributed by atoms with Gasteiger partial charge in [0.25, 0.3) is 0 Å². The molecule has 0 N–H and O–H groups in total. The third-order valence-electron chi connectivity index (χ3n) is 2.45. The van der Waals surface area contributed by atoms with Crippen molar-refractivity contribution < 1.29 is 14.3 Å². The van der Waals surface area contributed by atoms with Gasteiger partial charge in [0.2, 0.25) is 0 Å². The van der Waals surface area contributed by atoms with Gasteiger partial charge in [0, 0.05) is 6.07 Å². The van der Waals surface area contributed by atoms with Gasteiger partial charge in [0.05, 0.1) is 28.1 Å². The Labute approximate surface area is 135 Å². The summed E-state index contributed by atoms with van der Waals surface area (Å²) in [5.74, 6) is -0.0876. The van der Waals surface area contributed by atoms with Crippen molar-refractivity contribution in [3.05, 3.63) is 44.1 Å². The summed E-state index contributed by atoms with van der Waals surface area (Å²) < 4.78 is 11.3. The molecule has 7 heteroatoms. The molecule has 0 spiro atoms. The number of carbonyl (C=O) groups is 1. The van der Waals surface area contributed by atoms with Gasteiger partial charge in [0.1, 0.15) is 4.34 Å². The lowest BCUT2D eigenvalue weighted by Crippen LogP contribution is -2.09. The van der Waals surface area contributed by atoms with E-state index in [0.29, 0.717) is 22.3 Å². The maximum atomic E-state index is 12.1. The van der Waals surface area contributed by atoms with Crippen molar-refractivity contribution in [2.75, 3.05) is 6.61 Å². The first-order chi connectivity index (χ1) is 10.0. The second kappa shape index (κ2) is 6.81. The van der Waals surface area contributed by atoms with Crippen LogP contribution in [0.25, 0.3) is 0 Å². The highest BCUT2D eigenvalue weighted by atomic mass is 35.5. The number of esters is 1. The molecule has 0 aliphatic carbocycles. The quantitative estimate of drug-likeness (QED) is 0.604. The van der Waals surface area contributed by atoms with Gasteiger partial charge in [0.15, 0.2) is 11.5 Å². The zero-order valence-electron chi connectivity index (χ0n) is 10.9. The third-order valence-corrected chi connectivity index (χ3v) is 3.94. The Bertz CT molecular complexity index is 721. The lowest BCUT2D eigenvalue weighted by Gasteiger charge is -2.10. The molecule has 1 aromatic carbocycles. The minimum absolute atomic E-state index is 0.193. The van der Waals surface area contributed by atoms with Crippen LogP contribution in [0.4, 0.5) is 0 Å². The molecule has 0 radical (unpaired) electrons. The molecular formula is C14H9Cl2NO3S. The van der Waals surface area contributed by atoms with E-state index in [4.69, 9.17) is 37.9 Å². The number of thiophene rings is 1. The Kier molecular flexibility index (Phi) is 5.07. The van der Waals surface area contributed by atoms with Crippen LogP contribution in [0.15, 0.2) is 24.3 Å². The van der Waals surface area contributed by atoms with E-state index in [0.717, 1.165) is 11.3 Å². The van der Waals surface area contributed by atoms with Crippen LogP contribution in [0.5, 0.6) is 11.5 Å². The number of rotatable bonds is 4. The maximum Gasteiger partial charge on any atom is 0.346 e. The van der Waals surface area contributed by atoms with Crippen LogP contribution in [0, 0.1) is 11.3 Å². The van der Waals surface area contributed by atoms with Crippen LogP contribution >= 0.6 is 34.5 Å². The van der Waals surface area contributed by atoms with E-state index in [-0.39, 0.29) is 15.6 Å². The van der Waals surface area contributed by atoms with Crippen molar-refractivity contribution >= 4 is 40.5 Å². The molecule has 0 saturated heterocycles. The minimum Gasteiger partial charge on any atom is -0.490 e. The van der Waals surface area contributed by atoms with Gasteiger partial charge in [-0.15, -0.1) is 11.3 Å². The molecule has 0 amide bonds. The Morgan fingerprint density at radius 3 is 2.67 bits per heavy atom. The highest BCUT2D eigenvalue weighted by molar-refractivity contribution is 7.20. The summed E-state index contributed by atoms with van der Waals surface area (Å²) in [6.45, 7) is 2.17. The number of halogens is 2. The largest absolute Gasteiger partial charge is 0.490 e. The van der Waals surface area contributed by atoms with Gasteiger partial charge < -0.3 is 9.47 Å². The van der Waals surface area contributed by atoms with Crippen LogP contribution in [0.1, 0.15) is 22.8 Å². The molecule has 0 fully saturated rings. The molecule has 0 unspecified atom stereocenters. The molecule has 1 aromatic heterocycles. The molecule has 0 bridgehead atoms. The summed E-state index contributed by atoms with van der Waals surface area (Å²) in [5.41, 5.74) is 0.605. The molecule has 0 saturated carbocycles. The number of carbonyl (C=O) groups excluding carboxylic acids is 1. The predicted molar refractivity (Wildman–Crippen MR) is 81.6 cm³/mol. The van der Waals surface area contributed by atoms with E-state index in [9.17, 15) is 4.79 Å². The number of nitriles is 1. The fraction of sp³-hybridized carbons (Fsp3) is 0.143. The Morgan fingerprint density at radius 1 is 1.33 bits per heavy atom. The average molecular weight is 342 g/mol. The van der Waals surface area contributed by atoms with Crippen molar-refractivity contribution in [2.45, 2.75) is 6.92 Å². The second-order valence-corrected chi connectivity index (χ2v) is 6.12. The van der Waals surface area contributed by atoms with Gasteiger partial charge >= 0.3 is 5.97 Å². The van der Waals surface area contributed by atoms with Gasteiger partial charge in [-0.1, -0.05) is 23.2 Å². The molecule has 0 atom stereocenters. The number of hydrogen-bond acceptors (Lipinski definition) is 5. The summed E-state index contributed by atoms with van der Waals surface area (Å²) in [7, 11) is 0. The SMILES string of the molecule is CCOc1cc(C#N)ccc1OC(=O)c1cc(Cl)sc1Cl. The van der Waals surface area contributed by atoms with Crippen molar-refractivity contribution in [1.29, 1.82) is 5.26 Å². The molecular weight excluding hydrogens is 333 g/mol. The van der Waals surface area contributed by atoms with Crippen LogP contribution in [-0.2, 0) is 0 Å². The van der Waals surface area contributed by atoms with Crippen molar-refractivity contribution in [2.24, 2.45) is 0 Å². The summed E-state index contributed by atoms with van der Waals surface area (Å²) in [5, 5.41) is 8.88. The van der Waals surface area contributed by atoms with E-state index < -0.39 is 5.97 Å². The molecule has 108 valence electrons. The van der Waals surface area contributed by atoms with Gasteiger partial charge in [-0.2, -0.15) is 5.26 Å². The Morgan fingerprint density at radius 2 is 2.10 bits per heavy atom. The fourth-order valence-corrected chi connectivity index (χ4v) is 3.00. The molecule has 0 aliphatic heterocycles. The summed E-state index contributed by atoms with van der Waals surface area (Å²) >= 11 is 12.8. The molecule has 0 aliphatic rings. The van der Waals surface area contributed by atoms with Gasteiger partial charge in [-0.3, -0.25) is 0 Å². The van der Waals surface area contributed by atoms with E-state index in [1.54, 1.807) is 6.92 Å². The van der Waals surface area contributed by atoms with Crippen molar-refractivity contribution in [3.63, 3.8) is 0 Å². The maximum absolute atomic E-state index is 12.1. The Hall–Kier alpha value is -1.74. The van der Waals surface area contributed by atoms with Crippen LogP contribution in [0.2, 0.25) is 8.67 Å². The standard InChI is InChI=1S/C14H9Cl2NO3S/c1-2-19-11-5-8(7-17)3-4-10(11)20-14(18)9-6-12(15)21-13(9)16/h3-6H,2H2,1H3. The number of nitrogens with zero attached hydrogens (tertiary/aromatic N) is 1. The molecule has 4 nitrogen and oxygen atoms in total. The monoisotopic (exact) mass is 341 g/mol. The number of hydrogen-bond donors (Lipinski definition) is 0. The first kappa shape index (κ1) is 15.6. The van der Waals surface area contributed by atoms with E-state index in [2.05, 4.69) is 0 Å². The fourth-order valence-electron chi connectivity index (χ4n) is 1.56. The normalized spacial score (nSPS) is 10.0. The molecule has 2 aromatic rings. The van der Waals surface area contributed by atoms with E-state index in [1.165, 1.54) is 24.3 Å². The highest BCUT2D eigenvalue weighted by Gasteiger charge is 2.18. The zero-order chi connectivity index (χ0) is 15.4. The lowest BCUT2D eigenvalue weighted by atomic mass is 10.2. The van der Waals surface area contributed by atoms with Crippen LogP contribution in [-0.4, -0.2) is 12.6 Å². The number of ether oxygens (including phenoxy) is 2. The van der Waals surface area contributed by atoms with Crippen LogP contribution < -0.4 is 9.47 Å². The second-order valence-electron chi connectivity index (χ2n) is 3.83. The lowest BCUT2D eigenvalue weighted by molar-refractivity contribution is 0.0729. The Balaban J connectivity index is 2.28. The highest BCUT2D eigenvalue weighted by Crippen LogP contribution is 2.34. The summed E-state index contributed by atoms with van der Waals surface area (Å²) in [6, 6.07) is 7.98. The first-order valence-electron chi connectivity index (χ1n) is 5.89. The minimum atomic E-state index is -0.631. The zero-order valence-corrected chi connectivity index (χ0v) is 13.2. The van der Waals surface area contributed by atoms with Crippen LogP contribution in [0.3, 0.4) is 0 Å². The number of benzene rings is 1.